The Kier molecular flexibility index (Phi) is 4.99. The van der Waals surface area contributed by atoms with Crippen molar-refractivity contribution in [3.8, 4) is 17.1 Å². The van der Waals surface area contributed by atoms with Gasteiger partial charge in [-0.15, -0.1) is 11.8 Å². The van der Waals surface area contributed by atoms with Gasteiger partial charge in [-0.25, -0.2) is 9.88 Å². The van der Waals surface area contributed by atoms with Crippen LogP contribution in [0.15, 0.2) is 58.6 Å². The lowest BCUT2D eigenvalue weighted by atomic mass is 10.0. The monoisotopic (exact) mass is 410 g/mol. The Morgan fingerprint density at radius 2 is 1.82 bits per heavy atom. The van der Waals surface area contributed by atoms with Crippen LogP contribution in [-0.2, 0) is 4.79 Å². The van der Waals surface area contributed by atoms with Crippen LogP contribution in [0.3, 0.4) is 0 Å². The number of hydrogen-bond donors (Lipinski definition) is 0. The third-order valence-electron chi connectivity index (χ3n) is 4.65. The number of carbonyl (C=O) groups excluding carboxylic acids is 1. The Labute approximate surface area is 171 Å². The van der Waals surface area contributed by atoms with Crippen molar-refractivity contribution >= 4 is 35.1 Å². The first kappa shape index (κ1) is 18.8. The van der Waals surface area contributed by atoms with Crippen LogP contribution in [0, 0.1) is 0 Å². The molecule has 1 amide bonds. The van der Waals surface area contributed by atoms with Crippen molar-refractivity contribution in [1.29, 1.82) is 0 Å². The summed E-state index contributed by atoms with van der Waals surface area (Å²) < 4.78 is 1.64. The number of amides is 1. The second kappa shape index (κ2) is 7.44. The molecular formula is C20H18N4O2S2. The second-order valence-electron chi connectivity index (χ2n) is 6.25. The molecule has 3 aromatic rings. The van der Waals surface area contributed by atoms with E-state index < -0.39 is 6.17 Å². The molecular weight excluding hydrogens is 392 g/mol. The minimum Gasteiger partial charge on any atom is -0.854 e. The maximum atomic E-state index is 12.9. The predicted molar refractivity (Wildman–Crippen MR) is 108 cm³/mol. The fourth-order valence-corrected chi connectivity index (χ4v) is 4.19. The molecule has 1 aliphatic heterocycles. The summed E-state index contributed by atoms with van der Waals surface area (Å²) in [7, 11) is 0. The molecule has 4 rings (SSSR count). The summed E-state index contributed by atoms with van der Waals surface area (Å²) >= 11 is 2.95. The number of nitrogens with zero attached hydrogens (tertiary/aromatic N) is 4. The van der Waals surface area contributed by atoms with Crippen LogP contribution in [0.4, 0.5) is 5.69 Å². The van der Waals surface area contributed by atoms with Gasteiger partial charge in [0.15, 0.2) is 0 Å². The molecule has 0 saturated carbocycles. The van der Waals surface area contributed by atoms with Gasteiger partial charge in [-0.05, 0) is 48.9 Å². The Hall–Kier alpha value is -2.58. The van der Waals surface area contributed by atoms with Gasteiger partial charge in [0, 0.05) is 22.5 Å². The zero-order valence-corrected chi connectivity index (χ0v) is 17.3. The number of aromatic nitrogens is 3. The summed E-state index contributed by atoms with van der Waals surface area (Å²) in [6.45, 7) is 1.53. The molecule has 0 radical (unpaired) electrons. The highest BCUT2D eigenvalue weighted by molar-refractivity contribution is 7.98. The third kappa shape index (κ3) is 3.02. The van der Waals surface area contributed by atoms with Crippen molar-refractivity contribution in [2.45, 2.75) is 23.1 Å². The predicted octanol–water partition coefficient (Wildman–Crippen LogP) is 2.86. The average molecular weight is 411 g/mol. The molecule has 8 heteroatoms. The van der Waals surface area contributed by atoms with E-state index in [1.165, 1.54) is 18.7 Å². The van der Waals surface area contributed by atoms with E-state index in [1.54, 1.807) is 21.3 Å². The lowest BCUT2D eigenvalue weighted by Gasteiger charge is -2.32. The number of thioether (sulfide) groups is 2. The van der Waals surface area contributed by atoms with Gasteiger partial charge in [-0.1, -0.05) is 28.6 Å². The fraction of sp³-hybridized carbons (Fsp3) is 0.200. The second-order valence-corrected chi connectivity index (χ2v) is 7.90. The minimum atomic E-state index is -0.556. The normalized spacial score (nSPS) is 15.1. The molecule has 2 aromatic carbocycles. The first-order chi connectivity index (χ1) is 13.5. The van der Waals surface area contributed by atoms with Gasteiger partial charge in [0.25, 0.3) is 17.0 Å². The van der Waals surface area contributed by atoms with E-state index in [-0.39, 0.29) is 11.8 Å². The number of para-hydroxylation sites is 1. The highest BCUT2D eigenvalue weighted by Gasteiger charge is 2.43. The number of fused-ring (bicyclic) bond motifs is 3. The lowest BCUT2D eigenvalue weighted by Crippen LogP contribution is -2.58. The SMILES string of the molecule is CSc1ccc(C2N(C(C)=O)c3ccccc3-c3c([O-])nc(SC)n[n+]32)cc1. The summed E-state index contributed by atoms with van der Waals surface area (Å²) in [6.07, 6.45) is 3.28. The zero-order valence-electron chi connectivity index (χ0n) is 15.6. The van der Waals surface area contributed by atoms with Gasteiger partial charge in [0.05, 0.1) is 17.1 Å². The van der Waals surface area contributed by atoms with Crippen LogP contribution in [0.25, 0.3) is 11.3 Å². The number of rotatable bonds is 3. The summed E-state index contributed by atoms with van der Waals surface area (Å²) in [5, 5.41) is 17.8. The smallest absolute Gasteiger partial charge is 0.293 e. The van der Waals surface area contributed by atoms with Gasteiger partial charge in [-0.2, -0.15) is 0 Å². The molecule has 2 heterocycles. The van der Waals surface area contributed by atoms with Crippen molar-refractivity contribution in [3.63, 3.8) is 0 Å². The topological polar surface area (TPSA) is 73.0 Å². The maximum Gasteiger partial charge on any atom is 0.293 e. The molecule has 0 fully saturated rings. The van der Waals surface area contributed by atoms with E-state index in [1.807, 2.05) is 61.0 Å². The molecule has 0 aliphatic carbocycles. The highest BCUT2D eigenvalue weighted by atomic mass is 32.2. The molecule has 6 nitrogen and oxygen atoms in total. The molecule has 0 bridgehead atoms. The molecule has 142 valence electrons. The average Bonchev–Trinajstić information content (AvgIpc) is 2.72. The van der Waals surface area contributed by atoms with Crippen molar-refractivity contribution in [1.82, 2.24) is 10.1 Å². The van der Waals surface area contributed by atoms with E-state index >= 15 is 0 Å². The van der Waals surface area contributed by atoms with E-state index in [2.05, 4.69) is 10.1 Å². The first-order valence-corrected chi connectivity index (χ1v) is 11.1. The van der Waals surface area contributed by atoms with Crippen LogP contribution >= 0.6 is 23.5 Å². The Morgan fingerprint density at radius 3 is 2.46 bits per heavy atom. The molecule has 28 heavy (non-hydrogen) atoms. The zero-order chi connectivity index (χ0) is 19.8. The van der Waals surface area contributed by atoms with Crippen LogP contribution < -0.4 is 14.7 Å². The van der Waals surface area contributed by atoms with E-state index in [0.717, 1.165) is 10.5 Å². The largest absolute Gasteiger partial charge is 0.854 e. The standard InChI is InChI=1S/C20H18N4O2S2/c1-12(25)23-16-7-5-4-6-15(16)17-18(26)21-20(28-3)22-24(17)19(23)13-8-10-14(27-2)11-9-13/h4-11,19H,1-3H3. The fourth-order valence-electron chi connectivity index (χ4n) is 3.44. The van der Waals surface area contributed by atoms with E-state index in [0.29, 0.717) is 22.1 Å². The number of carbonyl (C=O) groups is 1. The van der Waals surface area contributed by atoms with Gasteiger partial charge >= 0.3 is 0 Å². The lowest BCUT2D eigenvalue weighted by molar-refractivity contribution is -0.764. The molecule has 0 spiro atoms. The third-order valence-corrected chi connectivity index (χ3v) is 5.93. The summed E-state index contributed by atoms with van der Waals surface area (Å²) in [5.41, 5.74) is 2.61. The Balaban J connectivity index is 2.03. The molecule has 1 aromatic heterocycles. The number of anilines is 1. The van der Waals surface area contributed by atoms with Crippen molar-refractivity contribution < 1.29 is 14.6 Å². The minimum absolute atomic E-state index is 0.124. The highest BCUT2D eigenvalue weighted by Crippen LogP contribution is 2.40. The van der Waals surface area contributed by atoms with Crippen molar-refractivity contribution in [2.75, 3.05) is 17.4 Å². The van der Waals surface area contributed by atoms with Gasteiger partial charge in [0.1, 0.15) is 0 Å². The molecule has 1 atom stereocenters. The van der Waals surface area contributed by atoms with Crippen molar-refractivity contribution in [3.05, 3.63) is 54.1 Å². The van der Waals surface area contributed by atoms with Crippen LogP contribution in [0.2, 0.25) is 0 Å². The van der Waals surface area contributed by atoms with Crippen LogP contribution in [-0.4, -0.2) is 28.5 Å². The van der Waals surface area contributed by atoms with E-state index in [9.17, 15) is 9.90 Å². The van der Waals surface area contributed by atoms with Gasteiger partial charge in [0.2, 0.25) is 5.91 Å². The molecule has 0 saturated heterocycles. The number of hydrogen-bond acceptors (Lipinski definition) is 6. The van der Waals surface area contributed by atoms with Crippen molar-refractivity contribution in [2.24, 2.45) is 0 Å². The molecule has 1 aliphatic rings. The molecule has 1 unspecified atom stereocenters. The van der Waals surface area contributed by atoms with Gasteiger partial charge in [-0.3, -0.25) is 4.79 Å². The van der Waals surface area contributed by atoms with Crippen LogP contribution in [0.1, 0.15) is 18.7 Å². The Morgan fingerprint density at radius 1 is 1.11 bits per heavy atom. The van der Waals surface area contributed by atoms with E-state index in [4.69, 9.17) is 0 Å². The molecule has 0 N–H and O–H groups in total. The summed E-state index contributed by atoms with van der Waals surface area (Å²) in [4.78, 5) is 19.6. The summed E-state index contributed by atoms with van der Waals surface area (Å²) in [5.74, 6) is -0.470. The quantitative estimate of drug-likeness (QED) is 0.488. The number of benzene rings is 2. The van der Waals surface area contributed by atoms with Gasteiger partial charge < -0.3 is 5.11 Å². The first-order valence-electron chi connectivity index (χ1n) is 8.63. The summed E-state index contributed by atoms with van der Waals surface area (Å²) in [6, 6.07) is 15.3. The maximum absolute atomic E-state index is 12.9. The Bertz CT molecular complexity index is 1060. The van der Waals surface area contributed by atoms with Crippen LogP contribution in [0.5, 0.6) is 5.88 Å².